The van der Waals surface area contributed by atoms with Crippen LogP contribution in [0.5, 0.6) is 0 Å². The van der Waals surface area contributed by atoms with Crippen molar-refractivity contribution in [2.24, 2.45) is 5.92 Å². The molecule has 2 aromatic carbocycles. The number of thioether (sulfide) groups is 1. The van der Waals surface area contributed by atoms with Gasteiger partial charge in [0.25, 0.3) is 5.91 Å². The summed E-state index contributed by atoms with van der Waals surface area (Å²) in [6.07, 6.45) is 0. The number of carbonyl (C=O) groups is 2. The first kappa shape index (κ1) is 28.0. The van der Waals surface area contributed by atoms with Gasteiger partial charge in [0.1, 0.15) is 0 Å². The molecule has 192 valence electrons. The zero-order chi connectivity index (χ0) is 26.6. The molecule has 0 spiro atoms. The fourth-order valence-corrected chi connectivity index (χ4v) is 5.12. The van der Waals surface area contributed by atoms with Crippen LogP contribution in [0.2, 0.25) is 10.0 Å². The second kappa shape index (κ2) is 12.1. The lowest BCUT2D eigenvalue weighted by atomic mass is 10.0. The Hall–Kier alpha value is -2.55. The highest BCUT2D eigenvalue weighted by Crippen LogP contribution is 2.28. The van der Waals surface area contributed by atoms with Crippen LogP contribution in [0.1, 0.15) is 59.7 Å². The van der Waals surface area contributed by atoms with Gasteiger partial charge < -0.3 is 15.2 Å². The Labute approximate surface area is 226 Å². The number of hydrogen-bond donors (Lipinski definition) is 2. The highest BCUT2D eigenvalue weighted by molar-refractivity contribution is 7.99. The summed E-state index contributed by atoms with van der Waals surface area (Å²) in [6, 6.07) is 8.47. The van der Waals surface area contributed by atoms with Gasteiger partial charge in [-0.05, 0) is 62.9 Å². The molecular weight excluding hydrogens is 517 g/mol. The molecule has 1 heterocycles. The predicted octanol–water partition coefficient (Wildman–Crippen LogP) is 6.39. The molecule has 3 aromatic rings. The van der Waals surface area contributed by atoms with Crippen molar-refractivity contribution in [3.8, 4) is 0 Å². The lowest BCUT2D eigenvalue weighted by Crippen LogP contribution is -2.33. The van der Waals surface area contributed by atoms with Crippen LogP contribution < -0.4 is 10.6 Å². The third-order valence-corrected chi connectivity index (χ3v) is 7.45. The largest absolute Gasteiger partial charge is 0.342 e. The van der Waals surface area contributed by atoms with Crippen LogP contribution in [0.25, 0.3) is 0 Å². The van der Waals surface area contributed by atoms with E-state index < -0.39 is 0 Å². The first-order chi connectivity index (χ1) is 17.0. The van der Waals surface area contributed by atoms with E-state index in [1.807, 2.05) is 58.2 Å². The molecule has 0 unspecified atom stereocenters. The molecular formula is C26H31Cl2N5O2S. The van der Waals surface area contributed by atoms with Crippen molar-refractivity contribution in [2.75, 3.05) is 11.1 Å². The predicted molar refractivity (Wildman–Crippen MR) is 147 cm³/mol. The van der Waals surface area contributed by atoms with Gasteiger partial charge in [0.2, 0.25) is 5.91 Å². The number of benzene rings is 2. The van der Waals surface area contributed by atoms with E-state index in [9.17, 15) is 9.59 Å². The molecule has 0 aliphatic heterocycles. The maximum atomic E-state index is 12.9. The Morgan fingerprint density at radius 3 is 2.28 bits per heavy atom. The van der Waals surface area contributed by atoms with Crippen molar-refractivity contribution in [1.82, 2.24) is 20.1 Å². The maximum Gasteiger partial charge on any atom is 0.251 e. The van der Waals surface area contributed by atoms with E-state index in [-0.39, 0.29) is 29.5 Å². The molecule has 2 N–H and O–H groups in total. The van der Waals surface area contributed by atoms with Gasteiger partial charge in [0, 0.05) is 17.8 Å². The van der Waals surface area contributed by atoms with E-state index in [1.165, 1.54) is 11.8 Å². The topological polar surface area (TPSA) is 88.9 Å². The van der Waals surface area contributed by atoms with E-state index in [4.69, 9.17) is 23.2 Å². The molecule has 7 nitrogen and oxygen atoms in total. The monoisotopic (exact) mass is 547 g/mol. The fraction of sp³-hybridized carbons (Fsp3) is 0.385. The molecule has 0 radical (unpaired) electrons. The van der Waals surface area contributed by atoms with Crippen LogP contribution in [-0.4, -0.2) is 32.3 Å². The van der Waals surface area contributed by atoms with Crippen LogP contribution in [-0.2, 0) is 11.3 Å². The standard InChI is InChI=1S/C26H31Cl2N5O2S/c1-7-33-24(22(14(2)3)30-25(35)18-8-9-19(27)20(28)12-18)31-32-26(33)36-13-21(34)29-23-16(5)10-15(4)11-17(23)6/h8-12,14,22H,7,13H2,1-6H3,(H,29,34)(H,30,35)/t22-/m1/s1. The van der Waals surface area contributed by atoms with Crippen molar-refractivity contribution in [1.29, 1.82) is 0 Å². The number of halogens is 2. The van der Waals surface area contributed by atoms with Gasteiger partial charge in [0.05, 0.1) is 21.8 Å². The Morgan fingerprint density at radius 2 is 1.69 bits per heavy atom. The van der Waals surface area contributed by atoms with Crippen molar-refractivity contribution < 1.29 is 9.59 Å². The van der Waals surface area contributed by atoms with Gasteiger partial charge in [-0.1, -0.05) is 66.5 Å². The van der Waals surface area contributed by atoms with Crippen LogP contribution in [0.4, 0.5) is 5.69 Å². The lowest BCUT2D eigenvalue weighted by Gasteiger charge is -2.22. The minimum Gasteiger partial charge on any atom is -0.342 e. The van der Waals surface area contributed by atoms with E-state index in [0.717, 1.165) is 22.4 Å². The van der Waals surface area contributed by atoms with Crippen LogP contribution >= 0.6 is 35.0 Å². The Bertz CT molecular complexity index is 1250. The first-order valence-electron chi connectivity index (χ1n) is 11.7. The number of carbonyl (C=O) groups excluding carboxylic acids is 2. The summed E-state index contributed by atoms with van der Waals surface area (Å²) in [5.74, 6) is 0.465. The van der Waals surface area contributed by atoms with Crippen LogP contribution in [0, 0.1) is 26.7 Å². The van der Waals surface area contributed by atoms with E-state index in [2.05, 4.69) is 20.8 Å². The van der Waals surface area contributed by atoms with Gasteiger partial charge in [0.15, 0.2) is 11.0 Å². The van der Waals surface area contributed by atoms with Crippen molar-refractivity contribution in [2.45, 2.75) is 59.3 Å². The Morgan fingerprint density at radius 1 is 1.03 bits per heavy atom. The summed E-state index contributed by atoms with van der Waals surface area (Å²) < 4.78 is 1.93. The SMILES string of the molecule is CCn1c(SCC(=O)Nc2c(C)cc(C)cc2C)nnc1[C@H](NC(=O)c1ccc(Cl)c(Cl)c1)C(C)C. The highest BCUT2D eigenvalue weighted by atomic mass is 35.5. The minimum absolute atomic E-state index is 0.0415. The summed E-state index contributed by atoms with van der Waals surface area (Å²) in [7, 11) is 0. The number of aryl methyl sites for hydroxylation is 3. The number of amides is 2. The molecule has 0 aliphatic rings. The molecule has 0 bridgehead atoms. The normalized spacial score (nSPS) is 12.0. The van der Waals surface area contributed by atoms with Gasteiger partial charge in [-0.3, -0.25) is 9.59 Å². The lowest BCUT2D eigenvalue weighted by molar-refractivity contribution is -0.113. The summed E-state index contributed by atoms with van der Waals surface area (Å²) in [5.41, 5.74) is 4.47. The summed E-state index contributed by atoms with van der Waals surface area (Å²) >= 11 is 13.4. The number of rotatable bonds is 9. The van der Waals surface area contributed by atoms with Gasteiger partial charge >= 0.3 is 0 Å². The van der Waals surface area contributed by atoms with Crippen molar-refractivity contribution in [3.05, 3.63) is 68.5 Å². The average molecular weight is 549 g/mol. The molecule has 0 saturated carbocycles. The number of nitrogens with one attached hydrogen (secondary N) is 2. The number of nitrogens with zero attached hydrogens (tertiary/aromatic N) is 3. The molecule has 10 heteroatoms. The van der Waals surface area contributed by atoms with Gasteiger partial charge in [-0.25, -0.2) is 0 Å². The Balaban J connectivity index is 1.74. The molecule has 0 fully saturated rings. The number of aromatic nitrogens is 3. The smallest absolute Gasteiger partial charge is 0.251 e. The maximum absolute atomic E-state index is 12.9. The summed E-state index contributed by atoms with van der Waals surface area (Å²) in [6.45, 7) is 12.6. The average Bonchev–Trinajstić information content (AvgIpc) is 3.22. The molecule has 3 rings (SSSR count). The molecule has 1 aromatic heterocycles. The summed E-state index contributed by atoms with van der Waals surface area (Å²) in [4.78, 5) is 25.6. The van der Waals surface area contributed by atoms with Crippen molar-refractivity contribution >= 4 is 52.5 Å². The van der Waals surface area contributed by atoms with Gasteiger partial charge in [-0.2, -0.15) is 0 Å². The van der Waals surface area contributed by atoms with Gasteiger partial charge in [-0.15, -0.1) is 10.2 Å². The van der Waals surface area contributed by atoms with Crippen LogP contribution in [0.15, 0.2) is 35.5 Å². The molecule has 36 heavy (non-hydrogen) atoms. The summed E-state index contributed by atoms with van der Waals surface area (Å²) in [5, 5.41) is 16.1. The number of hydrogen-bond acceptors (Lipinski definition) is 5. The zero-order valence-electron chi connectivity index (χ0n) is 21.3. The highest BCUT2D eigenvalue weighted by Gasteiger charge is 2.26. The Kier molecular flexibility index (Phi) is 9.44. The minimum atomic E-state index is -0.388. The third kappa shape index (κ3) is 6.60. The van der Waals surface area contributed by atoms with Crippen LogP contribution in [0.3, 0.4) is 0 Å². The van der Waals surface area contributed by atoms with E-state index in [0.29, 0.717) is 33.1 Å². The number of anilines is 1. The third-order valence-electron chi connectivity index (χ3n) is 5.75. The van der Waals surface area contributed by atoms with E-state index in [1.54, 1.807) is 18.2 Å². The second-order valence-corrected chi connectivity index (χ2v) is 10.8. The van der Waals surface area contributed by atoms with E-state index >= 15 is 0 Å². The molecule has 1 atom stereocenters. The fourth-order valence-electron chi connectivity index (χ4n) is 4.01. The van der Waals surface area contributed by atoms with Crippen molar-refractivity contribution in [3.63, 3.8) is 0 Å². The first-order valence-corrected chi connectivity index (χ1v) is 13.4. The second-order valence-electron chi connectivity index (χ2n) is 9.02. The molecule has 0 saturated heterocycles. The zero-order valence-corrected chi connectivity index (χ0v) is 23.6. The quantitative estimate of drug-likeness (QED) is 0.303. The molecule has 2 amide bonds. The molecule has 0 aliphatic carbocycles.